The number of nitrogens with zero attached hydrogens (tertiary/aromatic N) is 3. The third-order valence-electron chi connectivity index (χ3n) is 2.24. The third kappa shape index (κ3) is 3.34. The first-order valence-electron chi connectivity index (χ1n) is 5.34. The van der Waals surface area contributed by atoms with Crippen molar-refractivity contribution in [2.75, 3.05) is 0 Å². The molecular formula is C11H13BrN4O. The summed E-state index contributed by atoms with van der Waals surface area (Å²) in [6, 6.07) is 2.03. The Labute approximate surface area is 108 Å². The van der Waals surface area contributed by atoms with Gasteiger partial charge in [0.05, 0.1) is 0 Å². The number of hydrogen-bond acceptors (Lipinski definition) is 5. The quantitative estimate of drug-likeness (QED) is 0.935. The highest BCUT2D eigenvalue weighted by molar-refractivity contribution is 9.10. The second-order valence-electron chi connectivity index (χ2n) is 3.92. The largest absolute Gasteiger partial charge is 0.339 e. The Kier molecular flexibility index (Phi) is 3.86. The van der Waals surface area contributed by atoms with E-state index >= 15 is 0 Å². The number of pyridine rings is 1. The van der Waals surface area contributed by atoms with E-state index in [0.29, 0.717) is 18.1 Å². The Bertz CT molecular complexity index is 498. The van der Waals surface area contributed by atoms with Gasteiger partial charge in [-0.3, -0.25) is 4.98 Å². The van der Waals surface area contributed by atoms with Gasteiger partial charge in [-0.25, -0.2) is 0 Å². The molecule has 6 heteroatoms. The van der Waals surface area contributed by atoms with E-state index in [1.54, 1.807) is 12.4 Å². The standard InChI is InChI=1S/C11H13BrN4O/c1-7(13)2-3-10-15-11(16-17-10)8-4-9(12)6-14-5-8/h4-7H,2-3,13H2,1H3. The van der Waals surface area contributed by atoms with Gasteiger partial charge in [0.25, 0.3) is 0 Å². The lowest BCUT2D eigenvalue weighted by atomic mass is 10.2. The van der Waals surface area contributed by atoms with Crippen LogP contribution in [0.3, 0.4) is 0 Å². The van der Waals surface area contributed by atoms with Gasteiger partial charge in [0.1, 0.15) is 0 Å². The normalized spacial score (nSPS) is 12.6. The smallest absolute Gasteiger partial charge is 0.227 e. The lowest BCUT2D eigenvalue weighted by Gasteiger charge is -1.99. The minimum atomic E-state index is 0.137. The molecule has 0 aliphatic carbocycles. The van der Waals surface area contributed by atoms with Crippen LogP contribution in [-0.2, 0) is 6.42 Å². The van der Waals surface area contributed by atoms with E-state index in [1.165, 1.54) is 0 Å². The van der Waals surface area contributed by atoms with Crippen molar-refractivity contribution in [1.82, 2.24) is 15.1 Å². The van der Waals surface area contributed by atoms with Gasteiger partial charge >= 0.3 is 0 Å². The molecular weight excluding hydrogens is 284 g/mol. The summed E-state index contributed by atoms with van der Waals surface area (Å²) in [5.74, 6) is 1.16. The van der Waals surface area contributed by atoms with Crippen LogP contribution in [0.15, 0.2) is 27.5 Å². The van der Waals surface area contributed by atoms with Crippen molar-refractivity contribution in [1.29, 1.82) is 0 Å². The zero-order chi connectivity index (χ0) is 12.3. The summed E-state index contributed by atoms with van der Waals surface area (Å²) in [6.07, 6.45) is 4.94. The fourth-order valence-corrected chi connectivity index (χ4v) is 1.72. The van der Waals surface area contributed by atoms with Gasteiger partial charge in [0.2, 0.25) is 11.7 Å². The second-order valence-corrected chi connectivity index (χ2v) is 4.84. The lowest BCUT2D eigenvalue weighted by Crippen LogP contribution is -2.15. The van der Waals surface area contributed by atoms with Gasteiger partial charge in [0, 0.05) is 34.9 Å². The Balaban J connectivity index is 2.12. The summed E-state index contributed by atoms with van der Waals surface area (Å²) in [5, 5.41) is 3.92. The fourth-order valence-electron chi connectivity index (χ4n) is 1.36. The van der Waals surface area contributed by atoms with E-state index in [2.05, 4.69) is 31.1 Å². The van der Waals surface area contributed by atoms with Crippen LogP contribution in [0.2, 0.25) is 0 Å². The molecule has 5 nitrogen and oxygen atoms in total. The number of aromatic nitrogens is 3. The molecule has 90 valence electrons. The molecule has 2 rings (SSSR count). The second kappa shape index (κ2) is 5.37. The summed E-state index contributed by atoms with van der Waals surface area (Å²) in [6.45, 7) is 1.95. The van der Waals surface area contributed by atoms with E-state index in [9.17, 15) is 0 Å². The maximum atomic E-state index is 5.67. The maximum Gasteiger partial charge on any atom is 0.227 e. The van der Waals surface area contributed by atoms with E-state index in [0.717, 1.165) is 16.5 Å². The molecule has 1 unspecified atom stereocenters. The maximum absolute atomic E-state index is 5.67. The Morgan fingerprint density at radius 1 is 1.47 bits per heavy atom. The van der Waals surface area contributed by atoms with E-state index in [-0.39, 0.29) is 6.04 Å². The highest BCUT2D eigenvalue weighted by Gasteiger charge is 2.09. The summed E-state index contributed by atoms with van der Waals surface area (Å²) in [4.78, 5) is 8.35. The average molecular weight is 297 g/mol. The highest BCUT2D eigenvalue weighted by atomic mass is 79.9. The first kappa shape index (κ1) is 12.2. The molecule has 1 atom stereocenters. The highest BCUT2D eigenvalue weighted by Crippen LogP contribution is 2.19. The Hall–Kier alpha value is -1.27. The topological polar surface area (TPSA) is 77.8 Å². The molecule has 0 fully saturated rings. The van der Waals surface area contributed by atoms with Gasteiger partial charge in [-0.05, 0) is 35.3 Å². The van der Waals surface area contributed by atoms with Crippen molar-refractivity contribution in [3.05, 3.63) is 28.8 Å². The summed E-state index contributed by atoms with van der Waals surface area (Å²) < 4.78 is 6.04. The third-order valence-corrected chi connectivity index (χ3v) is 2.68. The Morgan fingerprint density at radius 3 is 3.00 bits per heavy atom. The molecule has 0 saturated heterocycles. The zero-order valence-corrected chi connectivity index (χ0v) is 11.0. The van der Waals surface area contributed by atoms with Crippen molar-refractivity contribution < 1.29 is 4.52 Å². The van der Waals surface area contributed by atoms with E-state index in [4.69, 9.17) is 10.3 Å². The number of aryl methyl sites for hydroxylation is 1. The van der Waals surface area contributed by atoms with Crippen LogP contribution >= 0.6 is 15.9 Å². The molecule has 2 aromatic rings. The fraction of sp³-hybridized carbons (Fsp3) is 0.364. The predicted molar refractivity (Wildman–Crippen MR) is 67.2 cm³/mol. The molecule has 2 N–H and O–H groups in total. The minimum Gasteiger partial charge on any atom is -0.339 e. The first-order valence-corrected chi connectivity index (χ1v) is 6.13. The van der Waals surface area contributed by atoms with Crippen molar-refractivity contribution in [3.63, 3.8) is 0 Å². The number of nitrogens with two attached hydrogens (primary N) is 1. The van der Waals surface area contributed by atoms with Gasteiger partial charge in [-0.1, -0.05) is 5.16 Å². The van der Waals surface area contributed by atoms with Crippen LogP contribution in [0.5, 0.6) is 0 Å². The summed E-state index contributed by atoms with van der Waals surface area (Å²) in [7, 11) is 0. The summed E-state index contributed by atoms with van der Waals surface area (Å²) in [5.41, 5.74) is 6.50. The summed E-state index contributed by atoms with van der Waals surface area (Å²) >= 11 is 3.35. The number of halogens is 1. The van der Waals surface area contributed by atoms with Crippen LogP contribution < -0.4 is 5.73 Å². The Morgan fingerprint density at radius 2 is 2.29 bits per heavy atom. The molecule has 0 aliphatic rings. The SMILES string of the molecule is CC(N)CCc1nc(-c2cncc(Br)c2)no1. The molecule has 2 heterocycles. The molecule has 0 radical (unpaired) electrons. The van der Waals surface area contributed by atoms with Crippen molar-refractivity contribution in [2.45, 2.75) is 25.8 Å². The monoisotopic (exact) mass is 296 g/mol. The molecule has 0 amide bonds. The first-order chi connectivity index (χ1) is 8.15. The van der Waals surface area contributed by atoms with Crippen molar-refractivity contribution >= 4 is 15.9 Å². The van der Waals surface area contributed by atoms with Crippen LogP contribution in [0.25, 0.3) is 11.4 Å². The number of hydrogen-bond donors (Lipinski definition) is 1. The molecule has 2 aromatic heterocycles. The van der Waals surface area contributed by atoms with Crippen molar-refractivity contribution in [3.8, 4) is 11.4 Å². The van der Waals surface area contributed by atoms with Crippen LogP contribution in [0.1, 0.15) is 19.2 Å². The van der Waals surface area contributed by atoms with Crippen LogP contribution in [0, 0.1) is 0 Å². The van der Waals surface area contributed by atoms with E-state index < -0.39 is 0 Å². The van der Waals surface area contributed by atoms with Gasteiger partial charge in [0.15, 0.2) is 0 Å². The molecule has 0 saturated carbocycles. The molecule has 0 spiro atoms. The predicted octanol–water partition coefficient (Wildman–Crippen LogP) is 2.17. The van der Waals surface area contributed by atoms with Crippen molar-refractivity contribution in [2.24, 2.45) is 5.73 Å². The molecule has 0 bridgehead atoms. The molecule has 0 aromatic carbocycles. The van der Waals surface area contributed by atoms with Gasteiger partial charge < -0.3 is 10.3 Å². The van der Waals surface area contributed by atoms with Gasteiger partial charge in [-0.2, -0.15) is 4.98 Å². The minimum absolute atomic E-state index is 0.137. The zero-order valence-electron chi connectivity index (χ0n) is 9.43. The van der Waals surface area contributed by atoms with Crippen LogP contribution in [-0.4, -0.2) is 21.2 Å². The average Bonchev–Trinajstić information content (AvgIpc) is 2.75. The number of rotatable bonds is 4. The van der Waals surface area contributed by atoms with Crippen LogP contribution in [0.4, 0.5) is 0 Å². The van der Waals surface area contributed by atoms with E-state index in [1.807, 2.05) is 13.0 Å². The molecule has 0 aliphatic heterocycles. The lowest BCUT2D eigenvalue weighted by molar-refractivity contribution is 0.372. The van der Waals surface area contributed by atoms with Gasteiger partial charge in [-0.15, -0.1) is 0 Å². The molecule has 17 heavy (non-hydrogen) atoms.